The van der Waals surface area contributed by atoms with Crippen molar-refractivity contribution in [2.75, 3.05) is 12.5 Å². The van der Waals surface area contributed by atoms with Crippen LogP contribution in [0.2, 0.25) is 0 Å². The van der Waals surface area contributed by atoms with Crippen molar-refractivity contribution in [1.29, 1.82) is 5.26 Å². The first-order valence-corrected chi connectivity index (χ1v) is 6.84. The molecule has 1 amide bonds. The van der Waals surface area contributed by atoms with Crippen LogP contribution in [0.3, 0.4) is 0 Å². The molecule has 1 aliphatic heterocycles. The molecule has 1 atom stereocenters. The number of hydrogen-bond donors (Lipinski definition) is 2. The Morgan fingerprint density at radius 3 is 2.74 bits per heavy atom. The summed E-state index contributed by atoms with van der Waals surface area (Å²) in [5.74, 6) is -0.872. The predicted molar refractivity (Wildman–Crippen MR) is 83.6 cm³/mol. The first-order chi connectivity index (χ1) is 11.0. The molecule has 1 aromatic carbocycles. The second-order valence-corrected chi connectivity index (χ2v) is 4.89. The molecule has 2 N–H and O–H groups in total. The number of ether oxygens (including phenoxy) is 1. The minimum absolute atomic E-state index is 0.0325. The topological polar surface area (TPSA) is 116 Å². The number of carbonyl (C=O) groups is 2. The van der Waals surface area contributed by atoms with Gasteiger partial charge in [-0.25, -0.2) is 10.2 Å². The van der Waals surface area contributed by atoms with Gasteiger partial charge < -0.3 is 4.74 Å². The van der Waals surface area contributed by atoms with E-state index in [0.717, 1.165) is 11.3 Å². The fourth-order valence-electron chi connectivity index (χ4n) is 2.05. The molecule has 1 heterocycles. The third kappa shape index (κ3) is 3.91. The Kier molecular flexibility index (Phi) is 5.04. The Bertz CT molecular complexity index is 716. The first-order valence-electron chi connectivity index (χ1n) is 6.84. The number of benzene rings is 1. The summed E-state index contributed by atoms with van der Waals surface area (Å²) in [7, 11) is 1.18. The molecule has 1 aromatic rings. The number of nitrogens with one attached hydrogen (secondary N) is 2. The summed E-state index contributed by atoms with van der Waals surface area (Å²) < 4.78 is 4.43. The lowest BCUT2D eigenvalue weighted by atomic mass is 9.94. The van der Waals surface area contributed by atoms with Crippen molar-refractivity contribution in [2.45, 2.75) is 13.3 Å². The Hall–Kier alpha value is -3.21. The monoisotopic (exact) mass is 313 g/mol. The smallest absolute Gasteiger partial charge is 0.369 e. The van der Waals surface area contributed by atoms with Crippen molar-refractivity contribution >= 4 is 29.0 Å². The Morgan fingerprint density at radius 2 is 2.17 bits per heavy atom. The minimum atomic E-state index is -0.808. The summed E-state index contributed by atoms with van der Waals surface area (Å²) in [5, 5.41) is 16.6. The molecular weight excluding hydrogens is 298 g/mol. The van der Waals surface area contributed by atoms with Crippen molar-refractivity contribution in [1.82, 2.24) is 5.43 Å². The van der Waals surface area contributed by atoms with Crippen LogP contribution in [0.4, 0.5) is 5.69 Å². The maximum atomic E-state index is 11.3. The zero-order chi connectivity index (χ0) is 16.8. The lowest BCUT2D eigenvalue weighted by Gasteiger charge is -2.19. The average Bonchev–Trinajstić information content (AvgIpc) is 2.56. The highest BCUT2D eigenvalue weighted by atomic mass is 16.5. The molecule has 0 radical (unpaired) electrons. The highest BCUT2D eigenvalue weighted by Crippen LogP contribution is 2.18. The van der Waals surface area contributed by atoms with E-state index in [1.54, 1.807) is 18.2 Å². The maximum absolute atomic E-state index is 11.3. The molecule has 23 heavy (non-hydrogen) atoms. The van der Waals surface area contributed by atoms with Crippen LogP contribution in [0.25, 0.3) is 0 Å². The molecular formula is C15H15N5O3. The summed E-state index contributed by atoms with van der Waals surface area (Å²) in [4.78, 5) is 22.5. The summed E-state index contributed by atoms with van der Waals surface area (Å²) in [5.41, 5.74) is 6.98. The standard InChI is InChI=1S/C15H15N5O3/c1-9-7-13(21)19-20-14(9)10-3-5-11(6-4-10)17-18-12(8-16)15(22)23-2/h3-6,9,17H,7H2,1-2H3,(H,19,21)/b18-12-/t9-/m1/s1. The van der Waals surface area contributed by atoms with Crippen LogP contribution in [0.15, 0.2) is 34.5 Å². The summed E-state index contributed by atoms with van der Waals surface area (Å²) in [6.07, 6.45) is 0.397. The van der Waals surface area contributed by atoms with Crippen LogP contribution in [0.1, 0.15) is 18.9 Å². The van der Waals surface area contributed by atoms with E-state index in [1.807, 2.05) is 19.1 Å². The molecule has 8 nitrogen and oxygen atoms in total. The second kappa shape index (κ2) is 7.17. The molecule has 0 spiro atoms. The molecule has 8 heteroatoms. The third-order valence-corrected chi connectivity index (χ3v) is 3.22. The van der Waals surface area contributed by atoms with E-state index in [-0.39, 0.29) is 17.5 Å². The number of amides is 1. The van der Waals surface area contributed by atoms with Crippen LogP contribution < -0.4 is 10.9 Å². The normalized spacial score (nSPS) is 17.6. The van der Waals surface area contributed by atoms with E-state index in [9.17, 15) is 9.59 Å². The van der Waals surface area contributed by atoms with E-state index in [4.69, 9.17) is 5.26 Å². The summed E-state index contributed by atoms with van der Waals surface area (Å²) in [6, 6.07) is 8.74. The zero-order valence-corrected chi connectivity index (χ0v) is 12.7. The van der Waals surface area contributed by atoms with Gasteiger partial charge in [0.2, 0.25) is 11.6 Å². The molecule has 0 bridgehead atoms. The maximum Gasteiger partial charge on any atom is 0.369 e. The lowest BCUT2D eigenvalue weighted by molar-refractivity contribution is -0.132. The van der Waals surface area contributed by atoms with Crippen LogP contribution in [-0.2, 0) is 14.3 Å². The molecule has 0 saturated carbocycles. The van der Waals surface area contributed by atoms with Crippen molar-refractivity contribution in [2.24, 2.45) is 16.1 Å². The molecule has 0 saturated heterocycles. The van der Waals surface area contributed by atoms with Gasteiger partial charge in [-0.05, 0) is 17.7 Å². The lowest BCUT2D eigenvalue weighted by Crippen LogP contribution is -2.31. The Balaban J connectivity index is 2.11. The predicted octanol–water partition coefficient (Wildman–Crippen LogP) is 1.01. The minimum Gasteiger partial charge on any atom is -0.464 e. The number of carbonyl (C=O) groups excluding carboxylic acids is 2. The third-order valence-electron chi connectivity index (χ3n) is 3.22. The molecule has 0 aliphatic carbocycles. The van der Waals surface area contributed by atoms with E-state index >= 15 is 0 Å². The second-order valence-electron chi connectivity index (χ2n) is 4.89. The SMILES string of the molecule is COC(=O)/C(C#N)=N\Nc1ccc(C2=NNC(=O)C[C@H]2C)cc1. The number of anilines is 1. The molecule has 0 aromatic heterocycles. The van der Waals surface area contributed by atoms with Gasteiger partial charge in [0, 0.05) is 12.3 Å². The van der Waals surface area contributed by atoms with Gasteiger partial charge >= 0.3 is 5.97 Å². The first kappa shape index (κ1) is 16.2. The molecule has 2 rings (SSSR count). The number of nitrogens with zero attached hydrogens (tertiary/aromatic N) is 3. The summed E-state index contributed by atoms with van der Waals surface area (Å²) >= 11 is 0. The van der Waals surface area contributed by atoms with E-state index in [1.165, 1.54) is 7.11 Å². The molecule has 0 unspecified atom stereocenters. The highest BCUT2D eigenvalue weighted by molar-refractivity contribution is 6.43. The number of methoxy groups -OCH3 is 1. The van der Waals surface area contributed by atoms with E-state index < -0.39 is 5.97 Å². The Morgan fingerprint density at radius 1 is 1.48 bits per heavy atom. The van der Waals surface area contributed by atoms with Gasteiger partial charge in [-0.3, -0.25) is 10.2 Å². The number of hydrazone groups is 2. The van der Waals surface area contributed by atoms with Gasteiger partial charge in [0.15, 0.2) is 0 Å². The van der Waals surface area contributed by atoms with Crippen LogP contribution in [0.5, 0.6) is 0 Å². The van der Waals surface area contributed by atoms with Gasteiger partial charge in [0.25, 0.3) is 0 Å². The van der Waals surface area contributed by atoms with Crippen LogP contribution in [-0.4, -0.2) is 30.4 Å². The fraction of sp³-hybridized carbons (Fsp3) is 0.267. The fourth-order valence-corrected chi connectivity index (χ4v) is 2.05. The van der Waals surface area contributed by atoms with Gasteiger partial charge in [-0.1, -0.05) is 19.1 Å². The van der Waals surface area contributed by atoms with Gasteiger partial charge in [0.1, 0.15) is 6.07 Å². The van der Waals surface area contributed by atoms with Crippen LogP contribution in [0, 0.1) is 17.2 Å². The quantitative estimate of drug-likeness (QED) is 0.489. The summed E-state index contributed by atoms with van der Waals surface area (Å²) in [6.45, 7) is 1.93. The van der Waals surface area contributed by atoms with Gasteiger partial charge in [-0.15, -0.1) is 0 Å². The Labute approximate surface area is 132 Å². The van der Waals surface area contributed by atoms with Crippen molar-refractivity contribution < 1.29 is 14.3 Å². The van der Waals surface area contributed by atoms with Crippen molar-refractivity contribution in [3.8, 4) is 6.07 Å². The number of rotatable bonds is 4. The van der Waals surface area contributed by atoms with E-state index in [0.29, 0.717) is 12.1 Å². The largest absolute Gasteiger partial charge is 0.464 e. The molecule has 0 fully saturated rings. The van der Waals surface area contributed by atoms with Crippen molar-refractivity contribution in [3.05, 3.63) is 29.8 Å². The van der Waals surface area contributed by atoms with Gasteiger partial charge in [-0.2, -0.15) is 15.5 Å². The average molecular weight is 313 g/mol. The van der Waals surface area contributed by atoms with E-state index in [2.05, 4.69) is 25.8 Å². The van der Waals surface area contributed by atoms with Gasteiger partial charge in [0.05, 0.1) is 18.5 Å². The zero-order valence-electron chi connectivity index (χ0n) is 12.7. The van der Waals surface area contributed by atoms with Crippen LogP contribution >= 0.6 is 0 Å². The van der Waals surface area contributed by atoms with Crippen molar-refractivity contribution in [3.63, 3.8) is 0 Å². The number of nitriles is 1. The number of hydrogen-bond acceptors (Lipinski definition) is 7. The molecule has 118 valence electrons. The molecule has 1 aliphatic rings. The number of esters is 1. The highest BCUT2D eigenvalue weighted by Gasteiger charge is 2.21.